The molecule has 7 nitrogen and oxygen atoms in total. The lowest BCUT2D eigenvalue weighted by Crippen LogP contribution is -1.91. The summed E-state index contributed by atoms with van der Waals surface area (Å²) in [5.41, 5.74) is 1.31. The van der Waals surface area contributed by atoms with Gasteiger partial charge in [-0.15, -0.1) is 11.3 Å². The predicted molar refractivity (Wildman–Crippen MR) is 62.2 cm³/mol. The lowest BCUT2D eigenvalue weighted by Gasteiger charge is -1.87. The number of nitrogens with one attached hydrogen (secondary N) is 1. The molecule has 0 saturated heterocycles. The SMILES string of the molecule is O=C(O)c1coc(-c2csc(-c3cn[nH]n3)n2)c1. The summed E-state index contributed by atoms with van der Waals surface area (Å²) < 4.78 is 5.16. The minimum Gasteiger partial charge on any atom is -0.478 e. The highest BCUT2D eigenvalue weighted by Crippen LogP contribution is 2.28. The number of thiazole rings is 1. The first-order valence-electron chi connectivity index (χ1n) is 4.88. The van der Waals surface area contributed by atoms with Crippen molar-refractivity contribution in [1.29, 1.82) is 0 Å². The van der Waals surface area contributed by atoms with E-state index in [0.29, 0.717) is 22.2 Å². The summed E-state index contributed by atoms with van der Waals surface area (Å²) in [7, 11) is 0. The zero-order valence-electron chi connectivity index (χ0n) is 8.82. The van der Waals surface area contributed by atoms with Crippen LogP contribution in [0.15, 0.2) is 28.3 Å². The molecular weight excluding hydrogens is 256 g/mol. The van der Waals surface area contributed by atoms with E-state index in [9.17, 15) is 4.79 Å². The molecule has 0 aliphatic carbocycles. The Hall–Kier alpha value is -2.48. The normalized spacial score (nSPS) is 10.7. The van der Waals surface area contributed by atoms with Crippen LogP contribution in [0.25, 0.3) is 22.2 Å². The third-order valence-corrected chi connectivity index (χ3v) is 3.10. The van der Waals surface area contributed by atoms with Gasteiger partial charge in [-0.2, -0.15) is 15.4 Å². The van der Waals surface area contributed by atoms with Crippen molar-refractivity contribution in [2.45, 2.75) is 0 Å². The summed E-state index contributed by atoms with van der Waals surface area (Å²) in [6.07, 6.45) is 2.75. The van der Waals surface area contributed by atoms with Crippen molar-refractivity contribution in [3.63, 3.8) is 0 Å². The molecule has 3 rings (SSSR count). The van der Waals surface area contributed by atoms with Gasteiger partial charge in [-0.05, 0) is 0 Å². The van der Waals surface area contributed by atoms with Gasteiger partial charge < -0.3 is 9.52 Å². The Bertz CT molecular complexity index is 686. The monoisotopic (exact) mass is 262 g/mol. The molecule has 0 bridgehead atoms. The fraction of sp³-hybridized carbons (Fsp3) is 0. The second kappa shape index (κ2) is 4.08. The van der Waals surface area contributed by atoms with Crippen LogP contribution < -0.4 is 0 Å². The third-order valence-electron chi connectivity index (χ3n) is 2.24. The molecule has 3 aromatic rings. The predicted octanol–water partition coefficient (Wildman–Crippen LogP) is 1.89. The van der Waals surface area contributed by atoms with Crippen molar-refractivity contribution in [2.24, 2.45) is 0 Å². The fourth-order valence-electron chi connectivity index (χ4n) is 1.39. The van der Waals surface area contributed by atoms with Gasteiger partial charge in [-0.25, -0.2) is 9.78 Å². The molecule has 0 aliphatic heterocycles. The second-order valence-electron chi connectivity index (χ2n) is 3.40. The quantitative estimate of drug-likeness (QED) is 0.746. The Morgan fingerprint density at radius 2 is 2.33 bits per heavy atom. The van der Waals surface area contributed by atoms with Gasteiger partial charge in [0.15, 0.2) is 5.76 Å². The van der Waals surface area contributed by atoms with Gasteiger partial charge in [0.05, 0.1) is 11.8 Å². The molecule has 3 heterocycles. The number of carboxylic acid groups (broad SMARTS) is 1. The maximum atomic E-state index is 10.7. The zero-order chi connectivity index (χ0) is 12.5. The van der Waals surface area contributed by atoms with Gasteiger partial charge in [0, 0.05) is 11.4 Å². The van der Waals surface area contributed by atoms with Gasteiger partial charge in [-0.3, -0.25) is 0 Å². The van der Waals surface area contributed by atoms with Gasteiger partial charge >= 0.3 is 5.97 Å². The largest absolute Gasteiger partial charge is 0.478 e. The summed E-state index contributed by atoms with van der Waals surface area (Å²) >= 11 is 1.38. The highest BCUT2D eigenvalue weighted by atomic mass is 32.1. The topological polar surface area (TPSA) is 105 Å². The lowest BCUT2D eigenvalue weighted by molar-refractivity contribution is 0.0696. The van der Waals surface area contributed by atoms with Crippen LogP contribution >= 0.6 is 11.3 Å². The molecule has 0 aliphatic rings. The number of nitrogens with zero attached hydrogens (tertiary/aromatic N) is 3. The molecule has 0 saturated carbocycles. The number of hydrogen-bond donors (Lipinski definition) is 2. The first kappa shape index (κ1) is 10.7. The second-order valence-corrected chi connectivity index (χ2v) is 4.26. The fourth-order valence-corrected chi connectivity index (χ4v) is 2.15. The van der Waals surface area contributed by atoms with Gasteiger partial charge in [-0.1, -0.05) is 0 Å². The number of aromatic amines is 1. The molecule has 0 radical (unpaired) electrons. The van der Waals surface area contributed by atoms with Crippen LogP contribution in [-0.2, 0) is 0 Å². The average molecular weight is 262 g/mol. The minimum absolute atomic E-state index is 0.0981. The number of hydrogen-bond acceptors (Lipinski definition) is 6. The first-order valence-corrected chi connectivity index (χ1v) is 5.76. The smallest absolute Gasteiger partial charge is 0.338 e. The Balaban J connectivity index is 1.95. The van der Waals surface area contributed by atoms with Crippen molar-refractivity contribution in [3.05, 3.63) is 29.5 Å². The van der Waals surface area contributed by atoms with Crippen molar-refractivity contribution in [3.8, 4) is 22.2 Å². The molecule has 2 N–H and O–H groups in total. The van der Waals surface area contributed by atoms with Crippen LogP contribution in [0.1, 0.15) is 10.4 Å². The molecular formula is C10H6N4O3S. The number of furan rings is 1. The van der Waals surface area contributed by atoms with E-state index in [-0.39, 0.29) is 5.56 Å². The van der Waals surface area contributed by atoms with E-state index in [0.717, 1.165) is 0 Å². The molecule has 3 aromatic heterocycles. The Morgan fingerprint density at radius 1 is 1.44 bits per heavy atom. The number of carboxylic acids is 1. The van der Waals surface area contributed by atoms with Crippen molar-refractivity contribution in [1.82, 2.24) is 20.4 Å². The molecule has 0 unspecified atom stereocenters. The number of H-pyrrole nitrogens is 1. The van der Waals surface area contributed by atoms with E-state index in [1.165, 1.54) is 23.7 Å². The van der Waals surface area contributed by atoms with Gasteiger partial charge in [0.1, 0.15) is 22.7 Å². The van der Waals surface area contributed by atoms with Crippen molar-refractivity contribution >= 4 is 17.3 Å². The molecule has 8 heteroatoms. The van der Waals surface area contributed by atoms with Crippen molar-refractivity contribution < 1.29 is 14.3 Å². The van der Waals surface area contributed by atoms with Crippen LogP contribution in [0.3, 0.4) is 0 Å². The van der Waals surface area contributed by atoms with E-state index >= 15 is 0 Å². The molecule has 90 valence electrons. The highest BCUT2D eigenvalue weighted by Gasteiger charge is 2.14. The summed E-state index contributed by atoms with van der Waals surface area (Å²) in [5.74, 6) is -0.615. The summed E-state index contributed by atoms with van der Waals surface area (Å²) in [4.78, 5) is 15.0. The molecule has 18 heavy (non-hydrogen) atoms. The Kier molecular flexibility index (Phi) is 2.41. The molecule has 0 aromatic carbocycles. The van der Waals surface area contributed by atoms with Gasteiger partial charge in [0.2, 0.25) is 0 Å². The maximum Gasteiger partial charge on any atom is 0.338 e. The van der Waals surface area contributed by atoms with Crippen LogP contribution in [0.5, 0.6) is 0 Å². The van der Waals surface area contributed by atoms with Crippen LogP contribution in [0, 0.1) is 0 Å². The molecule has 0 spiro atoms. The highest BCUT2D eigenvalue weighted by molar-refractivity contribution is 7.13. The van der Waals surface area contributed by atoms with Crippen molar-refractivity contribution in [2.75, 3.05) is 0 Å². The lowest BCUT2D eigenvalue weighted by atomic mass is 10.3. The van der Waals surface area contributed by atoms with Crippen LogP contribution in [0.4, 0.5) is 0 Å². The zero-order valence-corrected chi connectivity index (χ0v) is 9.64. The van der Waals surface area contributed by atoms with E-state index in [4.69, 9.17) is 9.52 Å². The van der Waals surface area contributed by atoms with E-state index in [1.54, 1.807) is 11.6 Å². The Labute approximate surface area is 104 Å². The van der Waals surface area contributed by atoms with Gasteiger partial charge in [0.25, 0.3) is 0 Å². The van der Waals surface area contributed by atoms with Crippen LogP contribution in [-0.4, -0.2) is 31.5 Å². The number of aromatic carboxylic acids is 1. The van der Waals surface area contributed by atoms with E-state index in [1.807, 2.05) is 0 Å². The molecule has 0 fully saturated rings. The summed E-state index contributed by atoms with van der Waals surface area (Å²) in [5, 5.41) is 21.4. The summed E-state index contributed by atoms with van der Waals surface area (Å²) in [6.45, 7) is 0. The number of carbonyl (C=O) groups is 1. The molecule has 0 atom stereocenters. The maximum absolute atomic E-state index is 10.7. The third kappa shape index (κ3) is 1.78. The number of aromatic nitrogens is 4. The minimum atomic E-state index is -1.03. The standard InChI is InChI=1S/C10H6N4O3S/c15-10(16)5-1-8(17-3-5)7-4-18-9(12-7)6-2-11-14-13-6/h1-4H,(H,15,16)(H,11,13,14). The summed E-state index contributed by atoms with van der Waals surface area (Å²) in [6, 6.07) is 1.43. The van der Waals surface area contributed by atoms with E-state index in [2.05, 4.69) is 20.4 Å². The van der Waals surface area contributed by atoms with E-state index < -0.39 is 5.97 Å². The Morgan fingerprint density at radius 3 is 3.00 bits per heavy atom. The van der Waals surface area contributed by atoms with Crippen LogP contribution in [0.2, 0.25) is 0 Å². The number of rotatable bonds is 3. The average Bonchev–Trinajstić information content (AvgIpc) is 3.10. The molecule has 0 amide bonds. The first-order chi connectivity index (χ1) is 8.74.